The van der Waals surface area contributed by atoms with Gasteiger partial charge in [-0.15, -0.1) is 0 Å². The van der Waals surface area contributed by atoms with Crippen molar-refractivity contribution in [2.24, 2.45) is 0 Å². The fourth-order valence-electron chi connectivity index (χ4n) is 2.72. The average molecular weight is 299 g/mol. The van der Waals surface area contributed by atoms with E-state index in [1.54, 1.807) is 4.90 Å². The number of methoxy groups -OCH3 is 1. The summed E-state index contributed by atoms with van der Waals surface area (Å²) in [5, 5.41) is 0. The highest BCUT2D eigenvalue weighted by atomic mass is 19.1. The van der Waals surface area contributed by atoms with Crippen molar-refractivity contribution in [3.8, 4) is 5.75 Å². The first kappa shape index (κ1) is 14.6. The Labute approximate surface area is 129 Å². The number of anilines is 1. The van der Waals surface area contributed by atoms with Gasteiger partial charge < -0.3 is 9.64 Å². The molecule has 0 N–H and O–H groups in total. The van der Waals surface area contributed by atoms with Crippen molar-refractivity contribution in [3.05, 3.63) is 58.9 Å². The molecule has 22 heavy (non-hydrogen) atoms. The smallest absolute Gasteiger partial charge is 0.259 e. The molecule has 2 aromatic rings. The van der Waals surface area contributed by atoms with Gasteiger partial charge in [0.05, 0.1) is 13.7 Å². The molecule has 0 radical (unpaired) electrons. The number of rotatable bonds is 3. The van der Waals surface area contributed by atoms with E-state index in [9.17, 15) is 9.18 Å². The first-order chi connectivity index (χ1) is 10.5. The lowest BCUT2D eigenvalue weighted by Crippen LogP contribution is -2.22. The molecule has 0 unspecified atom stereocenters. The van der Waals surface area contributed by atoms with Crippen molar-refractivity contribution in [2.75, 3.05) is 12.0 Å². The number of hydrogen-bond donors (Lipinski definition) is 0. The van der Waals surface area contributed by atoms with Crippen molar-refractivity contribution in [1.82, 2.24) is 0 Å². The van der Waals surface area contributed by atoms with E-state index in [-0.39, 0.29) is 11.7 Å². The summed E-state index contributed by atoms with van der Waals surface area (Å²) in [6, 6.07) is 10.8. The summed E-state index contributed by atoms with van der Waals surface area (Å²) >= 11 is 0. The fourth-order valence-corrected chi connectivity index (χ4v) is 2.72. The van der Waals surface area contributed by atoms with E-state index in [0.717, 1.165) is 5.69 Å². The summed E-state index contributed by atoms with van der Waals surface area (Å²) in [4.78, 5) is 14.2. The summed E-state index contributed by atoms with van der Waals surface area (Å²) in [7, 11) is 1.40. The third-order valence-corrected chi connectivity index (χ3v) is 4.05. The molecule has 3 nitrogen and oxygen atoms in total. The van der Waals surface area contributed by atoms with Gasteiger partial charge in [-0.25, -0.2) is 4.39 Å². The second-order valence-electron chi connectivity index (χ2n) is 5.78. The van der Waals surface area contributed by atoms with Crippen molar-refractivity contribution >= 4 is 11.6 Å². The number of hydrogen-bond acceptors (Lipinski definition) is 2. The number of ether oxygens (including phenoxy) is 1. The molecular weight excluding hydrogens is 281 g/mol. The van der Waals surface area contributed by atoms with E-state index in [0.29, 0.717) is 23.6 Å². The predicted molar refractivity (Wildman–Crippen MR) is 84.0 cm³/mol. The van der Waals surface area contributed by atoms with Crippen LogP contribution in [0.3, 0.4) is 0 Å². The number of benzene rings is 2. The van der Waals surface area contributed by atoms with Crippen LogP contribution in [0.25, 0.3) is 0 Å². The van der Waals surface area contributed by atoms with Gasteiger partial charge in [-0.05, 0) is 41.3 Å². The normalized spacial score (nSPS) is 13.7. The summed E-state index contributed by atoms with van der Waals surface area (Å²) < 4.78 is 18.7. The van der Waals surface area contributed by atoms with Crippen LogP contribution in [0.15, 0.2) is 36.4 Å². The van der Waals surface area contributed by atoms with Gasteiger partial charge in [0, 0.05) is 11.3 Å². The van der Waals surface area contributed by atoms with Gasteiger partial charge >= 0.3 is 0 Å². The van der Waals surface area contributed by atoms with E-state index < -0.39 is 5.82 Å². The molecule has 1 aliphatic heterocycles. The lowest BCUT2D eigenvalue weighted by molar-refractivity contribution is 0.0996. The summed E-state index contributed by atoms with van der Waals surface area (Å²) in [6.07, 6.45) is 0. The molecule has 4 heteroatoms. The monoisotopic (exact) mass is 299 g/mol. The molecule has 1 heterocycles. The molecular formula is C18H18FNO2. The molecule has 0 fully saturated rings. The molecule has 0 aromatic heterocycles. The Hall–Kier alpha value is -2.36. The number of carbonyl (C=O) groups is 1. The molecule has 0 spiro atoms. The molecule has 1 aliphatic rings. The Kier molecular flexibility index (Phi) is 3.61. The van der Waals surface area contributed by atoms with Crippen molar-refractivity contribution < 1.29 is 13.9 Å². The van der Waals surface area contributed by atoms with Gasteiger partial charge in [0.2, 0.25) is 0 Å². The van der Waals surface area contributed by atoms with Crippen LogP contribution in [0.1, 0.15) is 41.3 Å². The molecule has 3 rings (SSSR count). The van der Waals surface area contributed by atoms with E-state index >= 15 is 0 Å². The van der Waals surface area contributed by atoms with Gasteiger partial charge in [0.15, 0.2) is 11.6 Å². The van der Waals surface area contributed by atoms with Gasteiger partial charge in [-0.3, -0.25) is 4.79 Å². The maximum absolute atomic E-state index is 13.8. The van der Waals surface area contributed by atoms with Gasteiger partial charge in [-0.2, -0.15) is 0 Å². The highest BCUT2D eigenvalue weighted by Gasteiger charge is 2.30. The van der Waals surface area contributed by atoms with Crippen LogP contribution in [-0.4, -0.2) is 13.0 Å². The first-order valence-electron chi connectivity index (χ1n) is 7.29. The molecule has 0 aliphatic carbocycles. The van der Waals surface area contributed by atoms with Crippen LogP contribution in [0.2, 0.25) is 0 Å². The first-order valence-corrected chi connectivity index (χ1v) is 7.29. The molecule has 1 amide bonds. The van der Waals surface area contributed by atoms with Crippen molar-refractivity contribution in [2.45, 2.75) is 26.3 Å². The molecule has 2 aromatic carbocycles. The summed E-state index contributed by atoms with van der Waals surface area (Å²) in [5.41, 5.74) is 3.24. The lowest BCUT2D eigenvalue weighted by atomic mass is 10.0. The molecule has 0 bridgehead atoms. The number of amides is 1. The van der Waals surface area contributed by atoms with Crippen LogP contribution in [0, 0.1) is 5.82 Å². The SMILES string of the molecule is COc1cc2c(cc1F)CN(c1ccc(C(C)C)cc1)C2=O. The standard InChI is InChI=1S/C18H18FNO2/c1-11(2)12-4-6-14(7-5-12)20-10-13-8-16(19)17(22-3)9-15(13)18(20)21/h4-9,11H,10H2,1-3H3. The Balaban J connectivity index is 1.93. The van der Waals surface area contributed by atoms with Gasteiger partial charge in [-0.1, -0.05) is 26.0 Å². The largest absolute Gasteiger partial charge is 0.494 e. The third-order valence-electron chi connectivity index (χ3n) is 4.05. The average Bonchev–Trinajstić information content (AvgIpc) is 2.82. The minimum atomic E-state index is -0.439. The maximum Gasteiger partial charge on any atom is 0.259 e. The van der Waals surface area contributed by atoms with Crippen LogP contribution in [-0.2, 0) is 6.54 Å². The Morgan fingerprint density at radius 2 is 1.86 bits per heavy atom. The number of fused-ring (bicyclic) bond motifs is 1. The second kappa shape index (κ2) is 5.44. The Morgan fingerprint density at radius 1 is 1.18 bits per heavy atom. The quantitative estimate of drug-likeness (QED) is 0.853. The zero-order chi connectivity index (χ0) is 15.9. The predicted octanol–water partition coefficient (Wildman–Crippen LogP) is 4.12. The molecule has 0 atom stereocenters. The maximum atomic E-state index is 13.8. The zero-order valence-corrected chi connectivity index (χ0v) is 12.9. The summed E-state index contributed by atoms with van der Waals surface area (Å²) in [6.45, 7) is 4.64. The number of carbonyl (C=O) groups excluding carboxylic acids is 1. The molecule has 0 saturated carbocycles. The van der Waals surface area contributed by atoms with E-state index in [1.807, 2.05) is 24.3 Å². The van der Waals surface area contributed by atoms with Crippen LogP contribution in [0.4, 0.5) is 10.1 Å². The zero-order valence-electron chi connectivity index (χ0n) is 12.9. The van der Waals surface area contributed by atoms with Crippen LogP contribution < -0.4 is 9.64 Å². The van der Waals surface area contributed by atoms with Crippen molar-refractivity contribution in [3.63, 3.8) is 0 Å². The second-order valence-corrected chi connectivity index (χ2v) is 5.78. The van der Waals surface area contributed by atoms with Crippen LogP contribution >= 0.6 is 0 Å². The third kappa shape index (κ3) is 2.34. The van der Waals surface area contributed by atoms with E-state index in [2.05, 4.69) is 13.8 Å². The number of halogens is 1. The highest BCUT2D eigenvalue weighted by Crippen LogP contribution is 2.32. The van der Waals surface area contributed by atoms with Crippen LogP contribution in [0.5, 0.6) is 5.75 Å². The highest BCUT2D eigenvalue weighted by molar-refractivity contribution is 6.10. The Morgan fingerprint density at radius 3 is 2.45 bits per heavy atom. The minimum Gasteiger partial charge on any atom is -0.494 e. The Bertz CT molecular complexity index is 723. The van der Waals surface area contributed by atoms with E-state index in [4.69, 9.17) is 4.74 Å². The minimum absolute atomic E-state index is 0.101. The molecule has 0 saturated heterocycles. The van der Waals surface area contributed by atoms with Gasteiger partial charge in [0.1, 0.15) is 0 Å². The lowest BCUT2D eigenvalue weighted by Gasteiger charge is -2.16. The fraction of sp³-hybridized carbons (Fsp3) is 0.278. The summed E-state index contributed by atoms with van der Waals surface area (Å²) in [5.74, 6) is -0.0142. The topological polar surface area (TPSA) is 29.5 Å². The van der Waals surface area contributed by atoms with Crippen molar-refractivity contribution in [1.29, 1.82) is 0 Å². The molecule has 114 valence electrons. The number of nitrogens with zero attached hydrogens (tertiary/aromatic N) is 1. The van der Waals surface area contributed by atoms with Gasteiger partial charge in [0.25, 0.3) is 5.91 Å². The van der Waals surface area contributed by atoms with E-state index in [1.165, 1.54) is 24.8 Å².